The molecule has 16 bridgehead atoms. The van der Waals surface area contributed by atoms with E-state index < -0.39 is 11.4 Å². The van der Waals surface area contributed by atoms with Crippen LogP contribution >= 0.6 is 11.6 Å². The van der Waals surface area contributed by atoms with Crippen LogP contribution < -0.4 is 0 Å². The minimum Gasteiger partial charge on any atom is -0.481 e. The van der Waals surface area contributed by atoms with Gasteiger partial charge in [-0.15, -0.1) is 0 Å². The van der Waals surface area contributed by atoms with E-state index in [1.165, 1.54) is 77.0 Å². The number of esters is 1. The number of carboxylic acids is 1. The average Bonchev–Trinajstić information content (AvgIpc) is 3.12. The van der Waals surface area contributed by atoms with E-state index in [0.29, 0.717) is 40.6 Å². The van der Waals surface area contributed by atoms with Crippen molar-refractivity contribution in [1.29, 1.82) is 0 Å². The molecule has 16 rings (SSSR count). The monoisotopic (exact) mass is 784 g/mol. The summed E-state index contributed by atoms with van der Waals surface area (Å²) >= 11 is 5.62. The number of aliphatic carboxylic acids is 1. The summed E-state index contributed by atoms with van der Waals surface area (Å²) in [5.74, 6) is 7.59. The Morgan fingerprint density at radius 3 is 1.22 bits per heavy atom. The van der Waals surface area contributed by atoms with Gasteiger partial charge in [-0.2, -0.15) is 0 Å². The number of aliphatic hydroxyl groups excluding tert-OH is 2. The Morgan fingerprint density at radius 1 is 0.491 bits per heavy atom. The molecule has 16 aliphatic carbocycles. The number of alkyl halides is 1. The third-order valence-corrected chi connectivity index (χ3v) is 19.0. The second-order valence-electron chi connectivity index (χ2n) is 23.0. The first-order valence-electron chi connectivity index (χ1n) is 22.9. The minimum absolute atomic E-state index is 0.0423. The molecule has 0 amide bonds. The molecule has 0 spiro atoms. The first-order chi connectivity index (χ1) is 26.4. The molecule has 4 unspecified atom stereocenters. The molecule has 0 aromatic carbocycles. The van der Waals surface area contributed by atoms with Gasteiger partial charge < -0.3 is 29.5 Å². The molecule has 308 valence electrons. The van der Waals surface area contributed by atoms with Crippen molar-refractivity contribution in [3.63, 3.8) is 0 Å². The number of ether oxygens (including phenoxy) is 3. The van der Waals surface area contributed by atoms with E-state index in [1.807, 2.05) is 0 Å². The molecule has 0 aliphatic heterocycles. The topological polar surface area (TPSA) is 123 Å². The summed E-state index contributed by atoms with van der Waals surface area (Å²) < 4.78 is 17.1. The lowest BCUT2D eigenvalue weighted by Crippen LogP contribution is -2.56. The fourth-order valence-corrected chi connectivity index (χ4v) is 18.3. The van der Waals surface area contributed by atoms with Crippen molar-refractivity contribution in [1.82, 2.24) is 0 Å². The smallest absolute Gasteiger partial charge is 0.314 e. The van der Waals surface area contributed by atoms with Gasteiger partial charge in [0.2, 0.25) is 0 Å². The van der Waals surface area contributed by atoms with Crippen molar-refractivity contribution in [2.75, 3.05) is 26.1 Å². The summed E-state index contributed by atoms with van der Waals surface area (Å²) in [6.45, 7) is 1.84. The zero-order valence-corrected chi connectivity index (χ0v) is 34.0. The van der Waals surface area contributed by atoms with E-state index in [2.05, 4.69) is 0 Å². The fourth-order valence-electron chi connectivity index (χ4n) is 18.2. The average molecular weight is 786 g/mol. The molecule has 55 heavy (non-hydrogen) atoms. The Labute approximate surface area is 333 Å². The van der Waals surface area contributed by atoms with Crippen LogP contribution in [0.2, 0.25) is 0 Å². The van der Waals surface area contributed by atoms with Crippen molar-refractivity contribution in [2.45, 2.75) is 153 Å². The van der Waals surface area contributed by atoms with Gasteiger partial charge in [0.25, 0.3) is 0 Å². The highest BCUT2D eigenvalue weighted by molar-refractivity contribution is 6.17. The number of halogens is 1. The van der Waals surface area contributed by atoms with Crippen LogP contribution in [0.5, 0.6) is 0 Å². The summed E-state index contributed by atoms with van der Waals surface area (Å²) in [6, 6.07) is 0.377. The third-order valence-electron chi connectivity index (χ3n) is 18.8. The molecule has 0 radical (unpaired) electrons. The van der Waals surface area contributed by atoms with Gasteiger partial charge in [-0.25, -0.2) is 0 Å². The molecule has 0 saturated heterocycles. The largest absolute Gasteiger partial charge is 0.481 e. The number of hydrogen-bond acceptors (Lipinski definition) is 7. The molecular formula is C46H69ClO8. The molecule has 0 aromatic rings. The van der Waals surface area contributed by atoms with Gasteiger partial charge in [0, 0.05) is 0 Å². The fraction of sp³-hybridized carbons (Fsp3) is 0.957. The highest BCUT2D eigenvalue weighted by Gasteiger charge is 2.60. The van der Waals surface area contributed by atoms with Crippen molar-refractivity contribution >= 4 is 23.5 Å². The number of rotatable bonds is 9. The van der Waals surface area contributed by atoms with Gasteiger partial charge in [-0.05, 0) is 223 Å². The Bertz CT molecular complexity index is 1360. The Kier molecular flexibility index (Phi) is 10.0. The molecule has 16 fully saturated rings. The van der Waals surface area contributed by atoms with E-state index in [0.717, 1.165) is 113 Å². The van der Waals surface area contributed by atoms with Gasteiger partial charge in [0.15, 0.2) is 6.79 Å². The molecule has 4 atom stereocenters. The van der Waals surface area contributed by atoms with Crippen molar-refractivity contribution in [2.24, 2.45) is 92.7 Å². The third kappa shape index (κ3) is 7.05. The van der Waals surface area contributed by atoms with Gasteiger partial charge in [0.1, 0.15) is 6.07 Å². The molecule has 9 heteroatoms. The zero-order chi connectivity index (χ0) is 37.7. The summed E-state index contributed by atoms with van der Waals surface area (Å²) in [7, 11) is 0. The quantitative estimate of drug-likeness (QED) is 0.0921. The molecule has 8 nitrogen and oxygen atoms in total. The number of carbonyl (C=O) groups is 2. The zero-order valence-electron chi connectivity index (χ0n) is 33.2. The summed E-state index contributed by atoms with van der Waals surface area (Å²) in [5, 5.41) is 29.6. The predicted molar refractivity (Wildman–Crippen MR) is 206 cm³/mol. The van der Waals surface area contributed by atoms with E-state index in [-0.39, 0.29) is 42.2 Å². The maximum atomic E-state index is 12.9. The van der Waals surface area contributed by atoms with Crippen LogP contribution in [-0.4, -0.2) is 65.5 Å². The molecular weight excluding hydrogens is 716 g/mol. The van der Waals surface area contributed by atoms with Gasteiger partial charge >= 0.3 is 11.9 Å². The van der Waals surface area contributed by atoms with Crippen LogP contribution in [0.15, 0.2) is 0 Å². The molecule has 16 saturated carbocycles. The van der Waals surface area contributed by atoms with Crippen LogP contribution in [0.25, 0.3) is 0 Å². The number of aliphatic hydroxyl groups is 2. The highest BCUT2D eigenvalue weighted by atomic mass is 35.5. The van der Waals surface area contributed by atoms with Crippen LogP contribution in [0.4, 0.5) is 0 Å². The van der Waals surface area contributed by atoms with E-state index in [9.17, 15) is 24.9 Å². The van der Waals surface area contributed by atoms with Crippen LogP contribution in [0.1, 0.15) is 141 Å². The minimum atomic E-state index is -0.621. The van der Waals surface area contributed by atoms with Crippen molar-refractivity contribution in [3.8, 4) is 0 Å². The molecule has 16 aliphatic rings. The standard InChI is InChI=1S/C23H34O4.C12H19ClO.C11H16O3/c24-20-18-4-17-5-19(20)11-23(9-17,10-18)21(25)27-13-26-12-22-6-14-1-15(7-22)3-16(2-14)8-22;13-8-14-7-12-4-9-1-10(5-12)3-11(2-9)6-12;12-9-7-1-6-2-8(9)5-11(3-6,4-7)10(13)14/h14-20,24H,1-13H2;9-11H,1-8H2;6-9,12H,1-5H2,(H,13,14). The first-order valence-corrected chi connectivity index (χ1v) is 23.4. The van der Waals surface area contributed by atoms with Crippen LogP contribution in [0.3, 0.4) is 0 Å². The summed E-state index contributed by atoms with van der Waals surface area (Å²) in [6.07, 6.45) is 26.0. The lowest BCUT2D eigenvalue weighted by molar-refractivity contribution is -0.198. The summed E-state index contributed by atoms with van der Waals surface area (Å²) in [5.41, 5.74) is 0.144. The lowest BCUT2D eigenvalue weighted by atomic mass is 9.48. The Morgan fingerprint density at radius 2 is 0.836 bits per heavy atom. The number of carbonyl (C=O) groups excluding carboxylic acids is 1. The number of carboxylic acid groups (broad SMARTS) is 1. The van der Waals surface area contributed by atoms with E-state index in [1.54, 1.807) is 0 Å². The van der Waals surface area contributed by atoms with Crippen LogP contribution in [-0.2, 0) is 23.8 Å². The first kappa shape index (κ1) is 38.3. The SMILES string of the molecule is ClCOCC12CC3CC(CC(C3)C1)C2.O=C(O)C12CC3CC(C1)C(O)C(C3)C2.O=C(OCOCC12CC3CC(CC(C3)C1)C2)C12CC3CC(C1)C(O)C(C3)C2. The Balaban J connectivity index is 0.000000112. The predicted octanol–water partition coefficient (Wildman–Crippen LogP) is 8.58. The van der Waals surface area contributed by atoms with E-state index in [4.69, 9.17) is 25.8 Å². The van der Waals surface area contributed by atoms with Gasteiger partial charge in [-0.1, -0.05) is 11.6 Å². The van der Waals surface area contributed by atoms with Gasteiger partial charge in [0.05, 0.1) is 36.3 Å². The second kappa shape index (κ2) is 14.4. The summed E-state index contributed by atoms with van der Waals surface area (Å²) in [4.78, 5) is 24.2. The van der Waals surface area contributed by atoms with Gasteiger partial charge in [-0.3, -0.25) is 9.59 Å². The highest BCUT2D eigenvalue weighted by Crippen LogP contribution is 2.63. The Hall–Kier alpha value is -0.930. The maximum Gasteiger partial charge on any atom is 0.314 e. The van der Waals surface area contributed by atoms with Crippen LogP contribution in [0, 0.1) is 92.7 Å². The van der Waals surface area contributed by atoms with Crippen molar-refractivity contribution < 1.29 is 39.1 Å². The molecule has 0 heterocycles. The van der Waals surface area contributed by atoms with E-state index >= 15 is 0 Å². The molecule has 0 aromatic heterocycles. The normalized spacial score (nSPS) is 53.4. The maximum absolute atomic E-state index is 12.9. The number of hydrogen-bond donors (Lipinski definition) is 3. The lowest BCUT2D eigenvalue weighted by Gasteiger charge is -2.57. The van der Waals surface area contributed by atoms with Crippen molar-refractivity contribution in [3.05, 3.63) is 0 Å². The molecule has 3 N–H and O–H groups in total. The second-order valence-corrected chi connectivity index (χ2v) is 23.2.